The summed E-state index contributed by atoms with van der Waals surface area (Å²) >= 11 is 0. The minimum Gasteiger partial charge on any atom is -0.254 e. The fourth-order valence-corrected chi connectivity index (χ4v) is 4.72. The first-order valence-corrected chi connectivity index (χ1v) is 6.32. The molecular weight excluding hydrogens is 188 g/mol. The largest absolute Gasteiger partial charge is 0.254 e. The van der Waals surface area contributed by atoms with Crippen LogP contribution in [-0.4, -0.2) is 24.2 Å². The smallest absolute Gasteiger partial charge is 0.0286 e. The average molecular weight is 208 g/mol. The topological polar surface area (TPSA) is 48.1 Å². The number of hydrogen-bond acceptors (Lipinski definition) is 4. The zero-order valence-electron chi connectivity index (χ0n) is 9.22. The van der Waals surface area contributed by atoms with E-state index < -0.39 is 0 Å². The first-order chi connectivity index (χ1) is 7.30. The summed E-state index contributed by atoms with van der Waals surface area (Å²) in [5.74, 6) is 0.817. The molecule has 4 bridgehead atoms. The van der Waals surface area contributed by atoms with Crippen LogP contribution in [0.4, 0.5) is 0 Å². The van der Waals surface area contributed by atoms with Gasteiger partial charge in [0.2, 0.25) is 0 Å². The van der Waals surface area contributed by atoms with Crippen molar-refractivity contribution in [2.24, 2.45) is 11.3 Å². The second kappa shape index (κ2) is 2.74. The third kappa shape index (κ3) is 0.923. The van der Waals surface area contributed by atoms with Gasteiger partial charge < -0.3 is 0 Å². The molecule has 0 aromatic carbocycles. The lowest BCUT2D eigenvalue weighted by Gasteiger charge is -2.66. The van der Waals surface area contributed by atoms with Gasteiger partial charge in [-0.05, 0) is 25.7 Å². The van der Waals surface area contributed by atoms with Crippen molar-refractivity contribution in [1.29, 1.82) is 0 Å². The maximum Gasteiger partial charge on any atom is 0.0286 e. The van der Waals surface area contributed by atoms with E-state index in [0.717, 1.165) is 5.92 Å². The fourth-order valence-electron chi connectivity index (χ4n) is 4.72. The minimum atomic E-state index is 0.461. The Kier molecular flexibility index (Phi) is 1.63. The summed E-state index contributed by atoms with van der Waals surface area (Å²) in [6.07, 6.45) is 5.39. The summed E-state index contributed by atoms with van der Waals surface area (Å²) in [4.78, 5) is 0. The van der Waals surface area contributed by atoms with E-state index >= 15 is 0 Å². The predicted molar refractivity (Wildman–Crippen MR) is 57.8 cm³/mol. The van der Waals surface area contributed by atoms with Gasteiger partial charge in [-0.15, -0.1) is 0 Å². The molecule has 6 rings (SSSR count). The highest BCUT2D eigenvalue weighted by Gasteiger charge is 2.61. The Morgan fingerprint density at radius 2 is 1.33 bits per heavy atom. The van der Waals surface area contributed by atoms with Crippen LogP contribution in [0.3, 0.4) is 0 Å². The van der Waals surface area contributed by atoms with Crippen LogP contribution in [0.1, 0.15) is 32.6 Å². The highest BCUT2D eigenvalue weighted by atomic mass is 15.5. The van der Waals surface area contributed by atoms with Crippen LogP contribution in [0.15, 0.2) is 0 Å². The van der Waals surface area contributed by atoms with Gasteiger partial charge in [-0.25, -0.2) is 0 Å². The molecule has 4 N–H and O–H groups in total. The van der Waals surface area contributed by atoms with Crippen molar-refractivity contribution in [3.63, 3.8) is 0 Å². The van der Waals surface area contributed by atoms with Crippen LogP contribution in [0.25, 0.3) is 0 Å². The maximum atomic E-state index is 3.53. The summed E-state index contributed by atoms with van der Waals surface area (Å²) < 4.78 is 0. The summed E-state index contributed by atoms with van der Waals surface area (Å²) in [6.45, 7) is 2.49. The normalized spacial score (nSPS) is 61.8. The van der Waals surface area contributed by atoms with E-state index in [0.29, 0.717) is 29.6 Å². The van der Waals surface area contributed by atoms with E-state index in [-0.39, 0.29) is 0 Å². The fraction of sp³-hybridized carbons (Fsp3) is 1.00. The molecule has 0 spiro atoms. The maximum absolute atomic E-state index is 3.53. The van der Waals surface area contributed by atoms with Crippen molar-refractivity contribution in [3.8, 4) is 0 Å². The number of fused-ring (bicyclic) bond motifs is 4. The van der Waals surface area contributed by atoms with Gasteiger partial charge in [0.15, 0.2) is 0 Å². The molecule has 6 fully saturated rings. The van der Waals surface area contributed by atoms with Crippen molar-refractivity contribution in [2.75, 3.05) is 0 Å². The van der Waals surface area contributed by atoms with Gasteiger partial charge in [-0.1, -0.05) is 6.92 Å². The molecule has 4 heterocycles. The first-order valence-electron chi connectivity index (χ1n) is 6.32. The van der Waals surface area contributed by atoms with E-state index in [1.807, 2.05) is 0 Å². The van der Waals surface area contributed by atoms with Crippen molar-refractivity contribution < 1.29 is 0 Å². The number of hydrogen-bond donors (Lipinski definition) is 4. The molecule has 4 atom stereocenters. The zero-order valence-corrected chi connectivity index (χ0v) is 9.22. The van der Waals surface area contributed by atoms with E-state index in [2.05, 4.69) is 28.6 Å². The molecule has 4 unspecified atom stereocenters. The van der Waals surface area contributed by atoms with Gasteiger partial charge in [0.1, 0.15) is 0 Å². The lowest BCUT2D eigenvalue weighted by atomic mass is 9.51. The Hall–Kier alpha value is -0.160. The van der Waals surface area contributed by atoms with Gasteiger partial charge >= 0.3 is 0 Å². The van der Waals surface area contributed by atoms with E-state index in [1.54, 1.807) is 0 Å². The molecule has 2 saturated carbocycles. The lowest BCUT2D eigenvalue weighted by molar-refractivity contribution is -0.125. The van der Waals surface area contributed by atoms with Crippen LogP contribution in [0, 0.1) is 11.3 Å². The van der Waals surface area contributed by atoms with Crippen LogP contribution in [-0.2, 0) is 0 Å². The number of rotatable bonds is 0. The zero-order chi connectivity index (χ0) is 10.0. The summed E-state index contributed by atoms with van der Waals surface area (Å²) in [5.41, 5.74) is 14.5. The molecule has 0 radical (unpaired) electrons. The van der Waals surface area contributed by atoms with Gasteiger partial charge in [0, 0.05) is 35.5 Å². The van der Waals surface area contributed by atoms with Crippen molar-refractivity contribution in [3.05, 3.63) is 0 Å². The van der Waals surface area contributed by atoms with Gasteiger partial charge in [0.25, 0.3) is 0 Å². The molecule has 4 saturated heterocycles. The van der Waals surface area contributed by atoms with E-state index in [1.165, 1.54) is 25.7 Å². The third-order valence-electron chi connectivity index (χ3n) is 5.51. The van der Waals surface area contributed by atoms with Crippen molar-refractivity contribution >= 4 is 0 Å². The van der Waals surface area contributed by atoms with E-state index in [9.17, 15) is 0 Å². The second-order valence-electron chi connectivity index (χ2n) is 5.94. The predicted octanol–water partition coefficient (Wildman–Crippen LogP) is -0.113. The van der Waals surface area contributed by atoms with Crippen molar-refractivity contribution in [2.45, 2.75) is 56.8 Å². The van der Waals surface area contributed by atoms with Gasteiger partial charge in [-0.2, -0.15) is 0 Å². The first kappa shape index (κ1) is 8.93. The Bertz CT molecular complexity index is 252. The molecule has 6 aliphatic rings. The average Bonchev–Trinajstić information content (AvgIpc) is 2.31. The van der Waals surface area contributed by atoms with Crippen LogP contribution < -0.4 is 21.7 Å². The van der Waals surface area contributed by atoms with Gasteiger partial charge in [0.05, 0.1) is 0 Å². The van der Waals surface area contributed by atoms with Crippen LogP contribution in [0.2, 0.25) is 0 Å². The molecule has 0 aromatic heterocycles. The Balaban J connectivity index is 1.80. The molecule has 4 aliphatic heterocycles. The Morgan fingerprint density at radius 3 is 1.67 bits per heavy atom. The summed E-state index contributed by atoms with van der Waals surface area (Å²) in [6, 6.07) is 2.69. The monoisotopic (exact) mass is 208 g/mol. The number of nitrogens with one attached hydrogen (secondary N) is 4. The minimum absolute atomic E-state index is 0.461. The molecule has 84 valence electrons. The highest BCUT2D eigenvalue weighted by Crippen LogP contribution is 2.53. The molecule has 0 amide bonds. The van der Waals surface area contributed by atoms with E-state index in [4.69, 9.17) is 0 Å². The lowest BCUT2D eigenvalue weighted by Crippen LogP contribution is -2.82. The number of hydrazine groups is 2. The highest BCUT2D eigenvalue weighted by molar-refractivity contribution is 5.17. The quantitative estimate of drug-likeness (QED) is 0.448. The Morgan fingerprint density at radius 1 is 0.800 bits per heavy atom. The SMILES string of the molecule is CC12C3CCC(NN3)C1C1CCC2NN1. The summed E-state index contributed by atoms with van der Waals surface area (Å²) in [5, 5.41) is 0. The molecule has 0 aromatic rings. The molecular formula is C11H20N4. The summed E-state index contributed by atoms with van der Waals surface area (Å²) in [7, 11) is 0. The Labute approximate surface area is 90.5 Å². The third-order valence-corrected chi connectivity index (χ3v) is 5.51. The molecule has 4 nitrogen and oxygen atoms in total. The van der Waals surface area contributed by atoms with Gasteiger partial charge in [-0.3, -0.25) is 21.7 Å². The van der Waals surface area contributed by atoms with Crippen molar-refractivity contribution in [1.82, 2.24) is 21.7 Å². The molecule has 4 heteroatoms. The van der Waals surface area contributed by atoms with Crippen LogP contribution >= 0.6 is 0 Å². The molecule has 15 heavy (non-hydrogen) atoms. The standard InChI is InChI=1S/C11H20N4/c1-11-8-4-2-6(12-14-8)10(11)7-3-5-9(11)15-13-7/h6-10,12-15H,2-5H2,1H3. The molecule has 2 aliphatic carbocycles. The second-order valence-corrected chi connectivity index (χ2v) is 5.94. The van der Waals surface area contributed by atoms with Crippen LogP contribution in [0.5, 0.6) is 0 Å².